The lowest BCUT2D eigenvalue weighted by atomic mass is 9.84. The van der Waals surface area contributed by atoms with Crippen LogP contribution < -0.4 is 0 Å². The van der Waals surface area contributed by atoms with E-state index in [0.717, 1.165) is 39.6 Å². The second-order valence-electron chi connectivity index (χ2n) is 6.39. The summed E-state index contributed by atoms with van der Waals surface area (Å²) in [5.41, 5.74) is 1.23. The van der Waals surface area contributed by atoms with Gasteiger partial charge in [-0.2, -0.15) is 0 Å². The minimum absolute atomic E-state index is 0.139. The molecule has 2 aromatic rings. The number of likely N-dealkylation sites (tertiary alicyclic amines) is 1. The van der Waals surface area contributed by atoms with E-state index in [1.807, 2.05) is 29.2 Å². The molecule has 6 rings (SSSR count). The highest BCUT2D eigenvalue weighted by atomic mass is 35.5. The van der Waals surface area contributed by atoms with Gasteiger partial charge in [-0.25, -0.2) is 0 Å². The third-order valence-electron chi connectivity index (χ3n) is 5.14. The second kappa shape index (κ2) is 4.49. The lowest BCUT2D eigenvalue weighted by molar-refractivity contribution is 0.0825. The number of hydrogen-bond acceptors (Lipinski definition) is 3. The van der Waals surface area contributed by atoms with Gasteiger partial charge in [0.1, 0.15) is 0 Å². The van der Waals surface area contributed by atoms with Crippen molar-refractivity contribution in [2.45, 2.75) is 6.42 Å². The maximum absolute atomic E-state index is 13.0. The Morgan fingerprint density at radius 2 is 2.23 bits per heavy atom. The fraction of sp³-hybridized carbons (Fsp3) is 0.353. The number of piperidine rings is 1. The van der Waals surface area contributed by atoms with Crippen LogP contribution in [0.1, 0.15) is 16.1 Å². The molecular formula is C17H15ClN2OS. The van der Waals surface area contributed by atoms with Gasteiger partial charge in [0.05, 0.1) is 14.6 Å². The lowest BCUT2D eigenvalue weighted by Gasteiger charge is -2.39. The number of fused-ring (bicyclic) bond motifs is 2. The standard InChI is InChI=1S/C17H15ClN2OS/c18-13-3-1-2-10-6-15(22-16(10)13)17(21)20-8-11-7-19-5-4-12(11)14(20)9-19/h1-3,6,9,11-12H,4-5,7-8H2. The van der Waals surface area contributed by atoms with Crippen molar-refractivity contribution in [3.8, 4) is 0 Å². The number of carbonyl (C=O) groups excluding carboxylic acids is 1. The highest BCUT2D eigenvalue weighted by Gasteiger charge is 2.46. The monoisotopic (exact) mass is 330 g/mol. The molecule has 22 heavy (non-hydrogen) atoms. The Bertz CT molecular complexity index is 827. The molecule has 1 amide bonds. The minimum atomic E-state index is 0.139. The van der Waals surface area contributed by atoms with Gasteiger partial charge in [0.2, 0.25) is 0 Å². The van der Waals surface area contributed by atoms with Crippen LogP contribution in [0.25, 0.3) is 10.1 Å². The molecule has 1 aromatic carbocycles. The SMILES string of the molecule is O=C(c1cc2cccc(Cl)c2s1)N1CC2CN3C=C1C2CC3. The van der Waals surface area contributed by atoms with Crippen LogP contribution in [0.4, 0.5) is 0 Å². The number of rotatable bonds is 1. The Labute approximate surface area is 137 Å². The number of halogens is 1. The third kappa shape index (κ3) is 1.71. The van der Waals surface area contributed by atoms with E-state index in [2.05, 4.69) is 11.1 Å². The van der Waals surface area contributed by atoms with Crippen LogP contribution >= 0.6 is 22.9 Å². The first kappa shape index (κ1) is 13.0. The van der Waals surface area contributed by atoms with E-state index < -0.39 is 0 Å². The zero-order valence-electron chi connectivity index (χ0n) is 12.0. The zero-order chi connectivity index (χ0) is 14.8. The first-order chi connectivity index (χ1) is 10.7. The van der Waals surface area contributed by atoms with Gasteiger partial charge in [-0.1, -0.05) is 23.7 Å². The first-order valence-corrected chi connectivity index (χ1v) is 8.86. The molecule has 0 spiro atoms. The fourth-order valence-corrected chi connectivity index (χ4v) is 5.42. The summed E-state index contributed by atoms with van der Waals surface area (Å²) in [5.74, 6) is 1.35. The molecule has 2 saturated heterocycles. The number of carbonyl (C=O) groups is 1. The molecule has 3 nitrogen and oxygen atoms in total. The average molecular weight is 331 g/mol. The fourth-order valence-electron chi connectivity index (χ4n) is 4.11. The molecule has 0 N–H and O–H groups in total. The van der Waals surface area contributed by atoms with Crippen LogP contribution in [0.5, 0.6) is 0 Å². The normalized spacial score (nSPS) is 26.0. The molecule has 112 valence electrons. The molecule has 4 aliphatic rings. The predicted molar refractivity (Wildman–Crippen MR) is 89.1 cm³/mol. The summed E-state index contributed by atoms with van der Waals surface area (Å²) < 4.78 is 1.01. The van der Waals surface area contributed by atoms with Crippen molar-refractivity contribution in [1.29, 1.82) is 0 Å². The van der Waals surface area contributed by atoms with Crippen molar-refractivity contribution in [1.82, 2.24) is 9.80 Å². The van der Waals surface area contributed by atoms with E-state index in [9.17, 15) is 4.79 Å². The molecule has 0 saturated carbocycles. The zero-order valence-corrected chi connectivity index (χ0v) is 13.5. The van der Waals surface area contributed by atoms with Crippen molar-refractivity contribution < 1.29 is 4.79 Å². The molecule has 0 aliphatic carbocycles. The van der Waals surface area contributed by atoms with E-state index in [-0.39, 0.29) is 5.91 Å². The predicted octanol–water partition coefficient (Wildman–Crippen LogP) is 3.80. The molecule has 2 atom stereocenters. The minimum Gasteiger partial charge on any atom is -0.376 e. The van der Waals surface area contributed by atoms with Crippen molar-refractivity contribution >= 4 is 38.9 Å². The largest absolute Gasteiger partial charge is 0.376 e. The highest BCUT2D eigenvalue weighted by Crippen LogP contribution is 2.44. The number of benzene rings is 1. The summed E-state index contributed by atoms with van der Waals surface area (Å²) in [6.45, 7) is 3.12. The van der Waals surface area contributed by atoms with E-state index in [0.29, 0.717) is 11.8 Å². The molecule has 0 radical (unpaired) electrons. The number of hydrogen-bond donors (Lipinski definition) is 0. The van der Waals surface area contributed by atoms with Crippen LogP contribution in [-0.4, -0.2) is 35.3 Å². The highest BCUT2D eigenvalue weighted by molar-refractivity contribution is 7.21. The quantitative estimate of drug-likeness (QED) is 0.794. The number of nitrogens with zero attached hydrogens (tertiary/aromatic N) is 2. The molecule has 4 bridgehead atoms. The van der Waals surface area contributed by atoms with E-state index >= 15 is 0 Å². The van der Waals surface area contributed by atoms with Gasteiger partial charge in [0.25, 0.3) is 5.91 Å². The Kier molecular flexibility index (Phi) is 2.65. The van der Waals surface area contributed by atoms with Crippen molar-refractivity contribution in [3.63, 3.8) is 0 Å². The molecule has 2 fully saturated rings. The van der Waals surface area contributed by atoms with Gasteiger partial charge in [-0.15, -0.1) is 11.3 Å². The van der Waals surface area contributed by atoms with Crippen LogP contribution in [0.3, 0.4) is 0 Å². The summed E-state index contributed by atoms with van der Waals surface area (Å²) in [6.07, 6.45) is 3.40. The van der Waals surface area contributed by atoms with Gasteiger partial charge >= 0.3 is 0 Å². The van der Waals surface area contributed by atoms with Crippen molar-refractivity contribution in [3.05, 3.63) is 46.1 Å². The smallest absolute Gasteiger partial charge is 0.268 e. The summed E-state index contributed by atoms with van der Waals surface area (Å²) in [5, 5.41) is 1.79. The Hall–Kier alpha value is -1.52. The molecule has 1 aromatic heterocycles. The second-order valence-corrected chi connectivity index (χ2v) is 7.85. The van der Waals surface area contributed by atoms with Crippen molar-refractivity contribution in [2.75, 3.05) is 19.6 Å². The summed E-state index contributed by atoms with van der Waals surface area (Å²) in [7, 11) is 0. The van der Waals surface area contributed by atoms with Crippen LogP contribution in [0.15, 0.2) is 36.2 Å². The van der Waals surface area contributed by atoms with E-state index in [4.69, 9.17) is 11.6 Å². The molecule has 5 heteroatoms. The topological polar surface area (TPSA) is 23.6 Å². The lowest BCUT2D eigenvalue weighted by Crippen LogP contribution is -2.40. The number of amides is 1. The van der Waals surface area contributed by atoms with E-state index in [1.165, 1.54) is 23.5 Å². The maximum atomic E-state index is 13.0. The summed E-state index contributed by atoms with van der Waals surface area (Å²) in [6, 6.07) is 7.81. The molecule has 4 aliphatic heterocycles. The average Bonchev–Trinajstić information content (AvgIpc) is 3.08. The van der Waals surface area contributed by atoms with Gasteiger partial charge in [-0.05, 0) is 23.9 Å². The Balaban J connectivity index is 1.54. The maximum Gasteiger partial charge on any atom is 0.268 e. The van der Waals surface area contributed by atoms with Gasteiger partial charge in [-0.3, -0.25) is 4.79 Å². The molecule has 2 unspecified atom stereocenters. The Morgan fingerprint density at radius 3 is 3.00 bits per heavy atom. The third-order valence-corrected chi connectivity index (χ3v) is 6.74. The molecule has 5 heterocycles. The van der Waals surface area contributed by atoms with Gasteiger partial charge < -0.3 is 9.80 Å². The Morgan fingerprint density at radius 1 is 1.32 bits per heavy atom. The van der Waals surface area contributed by atoms with Gasteiger partial charge in [0.15, 0.2) is 0 Å². The summed E-state index contributed by atoms with van der Waals surface area (Å²) in [4.78, 5) is 18.2. The molecular weight excluding hydrogens is 316 g/mol. The van der Waals surface area contributed by atoms with Gasteiger partial charge in [0, 0.05) is 43.4 Å². The number of thiophene rings is 1. The number of allylic oxidation sites excluding steroid dienone is 1. The first-order valence-electron chi connectivity index (χ1n) is 7.66. The van der Waals surface area contributed by atoms with Crippen LogP contribution in [0, 0.1) is 11.8 Å². The van der Waals surface area contributed by atoms with Crippen molar-refractivity contribution in [2.24, 2.45) is 11.8 Å². The van der Waals surface area contributed by atoms with Crippen LogP contribution in [-0.2, 0) is 0 Å². The van der Waals surface area contributed by atoms with Crippen LogP contribution in [0.2, 0.25) is 5.02 Å². The van der Waals surface area contributed by atoms with E-state index in [1.54, 1.807) is 0 Å². The summed E-state index contributed by atoms with van der Waals surface area (Å²) >= 11 is 7.75.